The Morgan fingerprint density at radius 1 is 1.50 bits per heavy atom. The van der Waals surface area contributed by atoms with Gasteiger partial charge in [0.15, 0.2) is 0 Å². The lowest BCUT2D eigenvalue weighted by Crippen LogP contribution is -2.45. The number of amides is 1. The van der Waals surface area contributed by atoms with Crippen molar-refractivity contribution in [2.24, 2.45) is 5.73 Å². The van der Waals surface area contributed by atoms with Gasteiger partial charge in [-0.3, -0.25) is 4.79 Å². The molecule has 1 aromatic heterocycles. The molecule has 0 aliphatic heterocycles. The fourth-order valence-electron chi connectivity index (χ4n) is 1.67. The SMILES string of the molecule is CCOC(=O)[C@H](Cc1cccnc1OC)NC(=O)CN. The van der Waals surface area contributed by atoms with Gasteiger partial charge in [-0.2, -0.15) is 0 Å². The number of rotatable bonds is 7. The van der Waals surface area contributed by atoms with Crippen molar-refractivity contribution in [1.29, 1.82) is 0 Å². The Kier molecular flexibility index (Phi) is 6.45. The predicted molar refractivity (Wildman–Crippen MR) is 72.1 cm³/mol. The Labute approximate surface area is 117 Å². The summed E-state index contributed by atoms with van der Waals surface area (Å²) in [5, 5.41) is 2.53. The average molecular weight is 281 g/mol. The van der Waals surface area contributed by atoms with Gasteiger partial charge in [0.05, 0.1) is 20.3 Å². The maximum Gasteiger partial charge on any atom is 0.328 e. The first-order valence-electron chi connectivity index (χ1n) is 6.26. The van der Waals surface area contributed by atoms with Gasteiger partial charge in [-0.05, 0) is 13.0 Å². The van der Waals surface area contributed by atoms with E-state index in [0.717, 1.165) is 0 Å². The summed E-state index contributed by atoms with van der Waals surface area (Å²) in [6.07, 6.45) is 1.81. The van der Waals surface area contributed by atoms with Gasteiger partial charge in [0.2, 0.25) is 11.8 Å². The van der Waals surface area contributed by atoms with E-state index in [0.29, 0.717) is 11.4 Å². The molecule has 110 valence electrons. The molecule has 7 nitrogen and oxygen atoms in total. The first-order chi connectivity index (χ1) is 9.62. The first-order valence-corrected chi connectivity index (χ1v) is 6.26. The normalized spacial score (nSPS) is 11.6. The zero-order valence-electron chi connectivity index (χ0n) is 11.6. The number of esters is 1. The lowest BCUT2D eigenvalue weighted by Gasteiger charge is -2.17. The highest BCUT2D eigenvalue weighted by Gasteiger charge is 2.23. The molecule has 0 aliphatic rings. The molecule has 3 N–H and O–H groups in total. The predicted octanol–water partition coefficient (Wildman–Crippen LogP) is -0.361. The van der Waals surface area contributed by atoms with Crippen molar-refractivity contribution in [2.75, 3.05) is 20.3 Å². The molecule has 0 fully saturated rings. The van der Waals surface area contributed by atoms with Gasteiger partial charge in [0, 0.05) is 18.2 Å². The number of hydrogen-bond donors (Lipinski definition) is 2. The van der Waals surface area contributed by atoms with Gasteiger partial charge >= 0.3 is 5.97 Å². The number of ether oxygens (including phenoxy) is 2. The Bertz CT molecular complexity index is 465. The lowest BCUT2D eigenvalue weighted by atomic mass is 10.1. The second-order valence-electron chi connectivity index (χ2n) is 3.95. The van der Waals surface area contributed by atoms with Crippen LogP contribution in [0.3, 0.4) is 0 Å². The van der Waals surface area contributed by atoms with Crippen molar-refractivity contribution >= 4 is 11.9 Å². The Hall–Kier alpha value is -2.15. The van der Waals surface area contributed by atoms with Crippen molar-refractivity contribution in [3.8, 4) is 5.88 Å². The second-order valence-corrected chi connectivity index (χ2v) is 3.95. The van der Waals surface area contributed by atoms with E-state index >= 15 is 0 Å². The average Bonchev–Trinajstić information content (AvgIpc) is 2.47. The monoisotopic (exact) mass is 281 g/mol. The van der Waals surface area contributed by atoms with Crippen LogP contribution in [0.2, 0.25) is 0 Å². The smallest absolute Gasteiger partial charge is 0.328 e. The quantitative estimate of drug-likeness (QED) is 0.661. The molecule has 0 saturated heterocycles. The number of hydrogen-bond acceptors (Lipinski definition) is 6. The molecule has 0 aliphatic carbocycles. The molecule has 20 heavy (non-hydrogen) atoms. The van der Waals surface area contributed by atoms with Gasteiger partial charge < -0.3 is 20.5 Å². The number of pyridine rings is 1. The van der Waals surface area contributed by atoms with E-state index in [1.54, 1.807) is 25.3 Å². The summed E-state index contributed by atoms with van der Waals surface area (Å²) in [4.78, 5) is 27.3. The molecule has 0 unspecified atom stereocenters. The van der Waals surface area contributed by atoms with Crippen LogP contribution in [0.15, 0.2) is 18.3 Å². The molecule has 0 spiro atoms. The minimum absolute atomic E-state index is 0.194. The number of methoxy groups -OCH3 is 1. The molecule has 0 saturated carbocycles. The van der Waals surface area contributed by atoms with Gasteiger partial charge in [0.1, 0.15) is 6.04 Å². The molecule has 1 atom stereocenters. The standard InChI is InChI=1S/C13H19N3O4/c1-3-20-13(18)10(16-11(17)8-14)7-9-5-4-6-15-12(9)19-2/h4-6,10H,3,7-8,14H2,1-2H3,(H,16,17)/t10-/m0/s1. The summed E-state index contributed by atoms with van der Waals surface area (Å²) < 4.78 is 10.1. The summed E-state index contributed by atoms with van der Waals surface area (Å²) in [6, 6.07) is 2.68. The van der Waals surface area contributed by atoms with Gasteiger partial charge in [-0.15, -0.1) is 0 Å². The Morgan fingerprint density at radius 3 is 2.85 bits per heavy atom. The third kappa shape index (κ3) is 4.51. The highest BCUT2D eigenvalue weighted by molar-refractivity contribution is 5.85. The third-order valence-corrected chi connectivity index (χ3v) is 2.56. The van der Waals surface area contributed by atoms with Crippen molar-refractivity contribution in [1.82, 2.24) is 10.3 Å². The van der Waals surface area contributed by atoms with Gasteiger partial charge in [-0.25, -0.2) is 9.78 Å². The number of carbonyl (C=O) groups is 2. The topological polar surface area (TPSA) is 104 Å². The van der Waals surface area contributed by atoms with Gasteiger partial charge in [0.25, 0.3) is 0 Å². The fraction of sp³-hybridized carbons (Fsp3) is 0.462. The molecule has 1 amide bonds. The molecule has 0 aromatic carbocycles. The van der Waals surface area contributed by atoms with Crippen LogP contribution in [0.4, 0.5) is 0 Å². The van der Waals surface area contributed by atoms with E-state index in [1.165, 1.54) is 7.11 Å². The van der Waals surface area contributed by atoms with Crippen molar-refractivity contribution in [2.45, 2.75) is 19.4 Å². The minimum Gasteiger partial charge on any atom is -0.481 e. The number of nitrogens with two attached hydrogens (primary N) is 1. The summed E-state index contributed by atoms with van der Waals surface area (Å²) in [5.41, 5.74) is 5.94. The highest BCUT2D eigenvalue weighted by Crippen LogP contribution is 2.16. The van der Waals surface area contributed by atoms with E-state index in [4.69, 9.17) is 15.2 Å². The summed E-state index contributed by atoms with van der Waals surface area (Å²) in [6.45, 7) is 1.74. The zero-order chi connectivity index (χ0) is 15.0. The second kappa shape index (κ2) is 8.11. The number of nitrogens with one attached hydrogen (secondary N) is 1. The summed E-state index contributed by atoms with van der Waals surface area (Å²) in [7, 11) is 1.49. The van der Waals surface area contributed by atoms with Gasteiger partial charge in [-0.1, -0.05) is 6.07 Å². The van der Waals surface area contributed by atoms with Crippen LogP contribution in [-0.4, -0.2) is 43.2 Å². The number of nitrogens with zero attached hydrogens (tertiary/aromatic N) is 1. The van der Waals surface area contributed by atoms with E-state index in [2.05, 4.69) is 10.3 Å². The Balaban J connectivity index is 2.87. The Morgan fingerprint density at radius 2 is 2.25 bits per heavy atom. The highest BCUT2D eigenvalue weighted by atomic mass is 16.5. The molecule has 1 rings (SSSR count). The molecule has 1 heterocycles. The molecule has 7 heteroatoms. The molecule has 1 aromatic rings. The first kappa shape index (κ1) is 15.9. The van der Waals surface area contributed by atoms with Crippen LogP contribution >= 0.6 is 0 Å². The van der Waals surface area contributed by atoms with E-state index < -0.39 is 17.9 Å². The molecular formula is C13H19N3O4. The largest absolute Gasteiger partial charge is 0.481 e. The van der Waals surface area contributed by atoms with E-state index in [1.807, 2.05) is 0 Å². The molecule has 0 bridgehead atoms. The number of carbonyl (C=O) groups excluding carboxylic acids is 2. The summed E-state index contributed by atoms with van der Waals surface area (Å²) >= 11 is 0. The number of aromatic nitrogens is 1. The van der Waals surface area contributed by atoms with Crippen LogP contribution in [0, 0.1) is 0 Å². The van der Waals surface area contributed by atoms with Crippen LogP contribution in [0.5, 0.6) is 5.88 Å². The lowest BCUT2D eigenvalue weighted by molar-refractivity contribution is -0.147. The van der Waals surface area contributed by atoms with Crippen LogP contribution in [0.25, 0.3) is 0 Å². The third-order valence-electron chi connectivity index (χ3n) is 2.56. The fourth-order valence-corrected chi connectivity index (χ4v) is 1.67. The molecule has 0 radical (unpaired) electrons. The van der Waals surface area contributed by atoms with Crippen LogP contribution < -0.4 is 15.8 Å². The van der Waals surface area contributed by atoms with Crippen LogP contribution in [-0.2, 0) is 20.7 Å². The van der Waals surface area contributed by atoms with Crippen molar-refractivity contribution in [3.63, 3.8) is 0 Å². The minimum atomic E-state index is -0.816. The summed E-state index contributed by atoms with van der Waals surface area (Å²) in [5.74, 6) is -0.532. The van der Waals surface area contributed by atoms with E-state index in [-0.39, 0.29) is 19.6 Å². The maximum atomic E-state index is 11.9. The van der Waals surface area contributed by atoms with Crippen LogP contribution in [0.1, 0.15) is 12.5 Å². The maximum absolute atomic E-state index is 11.9. The van der Waals surface area contributed by atoms with Crippen molar-refractivity contribution < 1.29 is 19.1 Å². The van der Waals surface area contributed by atoms with Crippen molar-refractivity contribution in [3.05, 3.63) is 23.9 Å². The zero-order valence-corrected chi connectivity index (χ0v) is 11.6. The molecular weight excluding hydrogens is 262 g/mol. The van der Waals surface area contributed by atoms with E-state index in [9.17, 15) is 9.59 Å².